The molecule has 146 valence electrons. The van der Waals surface area contributed by atoms with E-state index in [-0.39, 0.29) is 11.6 Å². The summed E-state index contributed by atoms with van der Waals surface area (Å²) in [7, 11) is 0. The zero-order valence-electron chi connectivity index (χ0n) is 15.0. The van der Waals surface area contributed by atoms with E-state index in [0.717, 1.165) is 10.9 Å². The maximum atomic E-state index is 14.3. The normalized spacial score (nSPS) is 11.8. The Bertz CT molecular complexity index is 1240. The third-order valence-corrected chi connectivity index (χ3v) is 4.44. The lowest BCUT2D eigenvalue weighted by Crippen LogP contribution is -2.08. The number of pyridine rings is 2. The van der Waals surface area contributed by atoms with E-state index in [4.69, 9.17) is 5.73 Å². The summed E-state index contributed by atoms with van der Waals surface area (Å²) in [5.74, 6) is -1.31. The molecular formula is C20H13F4N5. The van der Waals surface area contributed by atoms with Crippen LogP contribution in [0.15, 0.2) is 48.8 Å². The number of aromatic nitrogens is 4. The Labute approximate surface area is 162 Å². The molecule has 0 aliphatic heterocycles. The van der Waals surface area contributed by atoms with Crippen molar-refractivity contribution in [2.45, 2.75) is 13.1 Å². The van der Waals surface area contributed by atoms with Gasteiger partial charge < -0.3 is 5.73 Å². The highest BCUT2D eigenvalue weighted by Gasteiger charge is 2.32. The molecule has 5 nitrogen and oxygen atoms in total. The van der Waals surface area contributed by atoms with Crippen molar-refractivity contribution in [3.05, 3.63) is 65.7 Å². The van der Waals surface area contributed by atoms with Crippen LogP contribution in [0.2, 0.25) is 0 Å². The van der Waals surface area contributed by atoms with E-state index in [1.54, 1.807) is 25.3 Å². The van der Waals surface area contributed by atoms with E-state index in [1.807, 2.05) is 18.2 Å². The third kappa shape index (κ3) is 3.46. The molecular weight excluding hydrogens is 386 g/mol. The highest BCUT2D eigenvalue weighted by molar-refractivity contribution is 5.84. The van der Waals surface area contributed by atoms with Crippen molar-refractivity contribution in [2.75, 3.05) is 5.73 Å². The van der Waals surface area contributed by atoms with Crippen molar-refractivity contribution in [3.63, 3.8) is 0 Å². The van der Waals surface area contributed by atoms with Gasteiger partial charge in [-0.2, -0.15) is 13.2 Å². The lowest BCUT2D eigenvalue weighted by molar-refractivity contribution is -0.138. The molecule has 0 saturated carbocycles. The lowest BCUT2D eigenvalue weighted by atomic mass is 10.0. The summed E-state index contributed by atoms with van der Waals surface area (Å²) in [5, 5.41) is 0.923. The number of alkyl halides is 3. The summed E-state index contributed by atoms with van der Waals surface area (Å²) < 4.78 is 52.7. The molecule has 2 N–H and O–H groups in total. The molecule has 0 aliphatic carbocycles. The molecule has 9 heteroatoms. The smallest absolute Gasteiger partial charge is 0.383 e. The molecule has 0 fully saturated rings. The molecule has 0 unspecified atom stereocenters. The van der Waals surface area contributed by atoms with E-state index < -0.39 is 23.3 Å². The highest BCUT2D eigenvalue weighted by atomic mass is 19.4. The second-order valence-corrected chi connectivity index (χ2v) is 6.37. The predicted molar refractivity (Wildman–Crippen MR) is 100 cm³/mol. The Morgan fingerprint density at radius 1 is 0.966 bits per heavy atom. The number of nitrogen functional groups attached to an aromatic ring is 1. The molecule has 0 bridgehead atoms. The second-order valence-electron chi connectivity index (χ2n) is 6.37. The average molecular weight is 399 g/mol. The van der Waals surface area contributed by atoms with Gasteiger partial charge in [0.05, 0.1) is 16.8 Å². The maximum Gasteiger partial charge on any atom is 0.417 e. The van der Waals surface area contributed by atoms with Crippen LogP contribution in [0.25, 0.3) is 33.7 Å². The van der Waals surface area contributed by atoms with Gasteiger partial charge in [0, 0.05) is 28.9 Å². The number of halogens is 4. The van der Waals surface area contributed by atoms with Gasteiger partial charge >= 0.3 is 6.18 Å². The standard InChI is InChI=1S/C20H13F4N5/c1-10-16(12-5-4-11-3-2-6-26-15(11)7-12)28-19(29-18(10)25)17-14(21)8-13(9-27-17)20(22,23)24/h2-9H,1H3,(H2,25,28,29). The summed E-state index contributed by atoms with van der Waals surface area (Å²) in [6.45, 7) is 1.70. The molecule has 4 rings (SSSR count). The number of fused-ring (bicyclic) bond motifs is 1. The molecule has 29 heavy (non-hydrogen) atoms. The van der Waals surface area contributed by atoms with Crippen molar-refractivity contribution in [1.29, 1.82) is 0 Å². The van der Waals surface area contributed by atoms with E-state index in [9.17, 15) is 17.6 Å². The van der Waals surface area contributed by atoms with Gasteiger partial charge in [0.1, 0.15) is 11.5 Å². The molecule has 0 saturated heterocycles. The van der Waals surface area contributed by atoms with Crippen LogP contribution in [0, 0.1) is 12.7 Å². The molecule has 3 heterocycles. The number of rotatable bonds is 2. The first-order chi connectivity index (χ1) is 13.7. The Morgan fingerprint density at radius 3 is 2.48 bits per heavy atom. The van der Waals surface area contributed by atoms with E-state index in [2.05, 4.69) is 19.9 Å². The highest BCUT2D eigenvalue weighted by Crippen LogP contribution is 2.32. The van der Waals surface area contributed by atoms with Gasteiger partial charge in [0.15, 0.2) is 11.6 Å². The van der Waals surface area contributed by atoms with Crippen molar-refractivity contribution in [3.8, 4) is 22.8 Å². The fourth-order valence-corrected chi connectivity index (χ4v) is 2.89. The van der Waals surface area contributed by atoms with Crippen molar-refractivity contribution in [1.82, 2.24) is 19.9 Å². The number of hydrogen-bond acceptors (Lipinski definition) is 5. The molecule has 3 aromatic heterocycles. The minimum Gasteiger partial charge on any atom is -0.383 e. The number of nitrogens with two attached hydrogens (primary N) is 1. The molecule has 0 atom stereocenters. The van der Waals surface area contributed by atoms with Gasteiger partial charge in [-0.25, -0.2) is 19.3 Å². The van der Waals surface area contributed by atoms with Crippen molar-refractivity contribution >= 4 is 16.7 Å². The summed E-state index contributed by atoms with van der Waals surface area (Å²) in [6.07, 6.45) is -2.51. The summed E-state index contributed by atoms with van der Waals surface area (Å²) in [5.41, 5.74) is 6.71. The largest absolute Gasteiger partial charge is 0.417 e. The van der Waals surface area contributed by atoms with Crippen LogP contribution in [0.3, 0.4) is 0 Å². The molecule has 4 aromatic rings. The zero-order chi connectivity index (χ0) is 20.8. The average Bonchev–Trinajstić information content (AvgIpc) is 2.69. The summed E-state index contributed by atoms with van der Waals surface area (Å²) in [6, 6.07) is 9.53. The van der Waals surface area contributed by atoms with E-state index >= 15 is 0 Å². The van der Waals surface area contributed by atoms with Gasteiger partial charge in [0.2, 0.25) is 0 Å². The topological polar surface area (TPSA) is 77.6 Å². The number of anilines is 1. The Balaban J connectivity index is 1.86. The van der Waals surface area contributed by atoms with Crippen LogP contribution in [-0.2, 0) is 6.18 Å². The molecule has 0 radical (unpaired) electrons. The first-order valence-corrected chi connectivity index (χ1v) is 8.46. The van der Waals surface area contributed by atoms with Crippen LogP contribution < -0.4 is 5.73 Å². The van der Waals surface area contributed by atoms with Gasteiger partial charge in [-0.15, -0.1) is 0 Å². The van der Waals surface area contributed by atoms with Crippen molar-refractivity contribution < 1.29 is 17.6 Å². The number of nitrogens with zero attached hydrogens (tertiary/aromatic N) is 4. The minimum atomic E-state index is -4.71. The second kappa shape index (κ2) is 6.77. The van der Waals surface area contributed by atoms with Crippen LogP contribution in [0.5, 0.6) is 0 Å². The number of benzene rings is 1. The molecule has 0 spiro atoms. The van der Waals surface area contributed by atoms with Crippen LogP contribution in [0.4, 0.5) is 23.4 Å². The van der Waals surface area contributed by atoms with Gasteiger partial charge in [-0.3, -0.25) is 4.98 Å². The fraction of sp³-hybridized carbons (Fsp3) is 0.100. The van der Waals surface area contributed by atoms with Gasteiger partial charge in [-0.1, -0.05) is 18.2 Å². The Hall–Kier alpha value is -3.62. The molecule has 0 aliphatic rings. The first-order valence-electron chi connectivity index (χ1n) is 8.46. The van der Waals surface area contributed by atoms with E-state index in [0.29, 0.717) is 29.1 Å². The third-order valence-electron chi connectivity index (χ3n) is 4.44. The lowest BCUT2D eigenvalue weighted by Gasteiger charge is -2.12. The SMILES string of the molecule is Cc1c(N)nc(-c2ncc(C(F)(F)F)cc2F)nc1-c1ccc2cccnc2c1. The van der Waals surface area contributed by atoms with Crippen LogP contribution in [0.1, 0.15) is 11.1 Å². The van der Waals surface area contributed by atoms with Crippen molar-refractivity contribution in [2.24, 2.45) is 0 Å². The Kier molecular flexibility index (Phi) is 4.37. The zero-order valence-corrected chi connectivity index (χ0v) is 15.0. The Morgan fingerprint density at radius 2 is 1.76 bits per heavy atom. The summed E-state index contributed by atoms with van der Waals surface area (Å²) in [4.78, 5) is 16.2. The molecule has 1 aromatic carbocycles. The van der Waals surface area contributed by atoms with Gasteiger partial charge in [0.25, 0.3) is 0 Å². The van der Waals surface area contributed by atoms with Gasteiger partial charge in [-0.05, 0) is 25.1 Å². The van der Waals surface area contributed by atoms with Crippen LogP contribution >= 0.6 is 0 Å². The molecule has 0 amide bonds. The maximum absolute atomic E-state index is 14.3. The van der Waals surface area contributed by atoms with Crippen LogP contribution in [-0.4, -0.2) is 19.9 Å². The predicted octanol–water partition coefficient (Wildman–Crippen LogP) is 4.80. The van der Waals surface area contributed by atoms with E-state index in [1.165, 1.54) is 0 Å². The first kappa shape index (κ1) is 18.7. The fourth-order valence-electron chi connectivity index (χ4n) is 2.89. The number of hydrogen-bond donors (Lipinski definition) is 1. The monoisotopic (exact) mass is 399 g/mol. The summed E-state index contributed by atoms with van der Waals surface area (Å²) >= 11 is 0. The minimum absolute atomic E-state index is 0.0761. The quantitative estimate of drug-likeness (QED) is 0.490.